The highest BCUT2D eigenvalue weighted by molar-refractivity contribution is 7.80. The Morgan fingerprint density at radius 2 is 0.600 bits per heavy atom. The van der Waals surface area contributed by atoms with Crippen LogP contribution in [0.25, 0.3) is 0 Å². The molecule has 0 N–H and O–H groups in total. The van der Waals surface area contributed by atoms with E-state index in [0.717, 1.165) is 51.5 Å². The zero-order valence-electron chi connectivity index (χ0n) is 31.5. The predicted molar refractivity (Wildman–Crippen MR) is 207 cm³/mol. The Kier molecular flexibility index (Phi) is 37.6. The van der Waals surface area contributed by atoms with Crippen molar-refractivity contribution in [3.8, 4) is 0 Å². The summed E-state index contributed by atoms with van der Waals surface area (Å²) in [4.78, 5) is 0. The normalized spacial score (nSPS) is 12.7. The summed E-state index contributed by atoms with van der Waals surface area (Å²) in [6.07, 6.45) is 41.4. The van der Waals surface area contributed by atoms with Gasteiger partial charge in [0.25, 0.3) is 0 Å². The van der Waals surface area contributed by atoms with Gasteiger partial charge in [0.15, 0.2) is 0 Å². The molecule has 1 atom stereocenters. The van der Waals surface area contributed by atoms with E-state index in [9.17, 15) is 0 Å². The van der Waals surface area contributed by atoms with Crippen LogP contribution in [-0.4, -0.2) is 33.9 Å². The molecular formula is C40H84O3SSi. The van der Waals surface area contributed by atoms with Crippen LogP contribution >= 0.6 is 12.6 Å². The summed E-state index contributed by atoms with van der Waals surface area (Å²) in [6, 6.07) is 0.908. The fraction of sp³-hybridized carbons (Fsp3) is 1.00. The first-order valence-corrected chi connectivity index (χ1v) is 23.1. The minimum absolute atomic E-state index is 0.347. The highest BCUT2D eigenvalue weighted by Gasteiger charge is 2.41. The van der Waals surface area contributed by atoms with Crippen molar-refractivity contribution in [3.05, 3.63) is 0 Å². The van der Waals surface area contributed by atoms with Gasteiger partial charge in [-0.15, -0.1) is 0 Å². The number of thiol groups is 1. The van der Waals surface area contributed by atoms with Crippen molar-refractivity contribution in [1.82, 2.24) is 0 Å². The first-order chi connectivity index (χ1) is 22.1. The van der Waals surface area contributed by atoms with E-state index in [1.165, 1.54) is 173 Å². The van der Waals surface area contributed by atoms with E-state index >= 15 is 0 Å². The van der Waals surface area contributed by atoms with Gasteiger partial charge in [0.1, 0.15) is 0 Å². The molecule has 0 aromatic rings. The lowest BCUT2D eigenvalue weighted by molar-refractivity contribution is 0.0548. The topological polar surface area (TPSA) is 27.7 Å². The van der Waals surface area contributed by atoms with E-state index in [4.69, 9.17) is 25.9 Å². The van der Waals surface area contributed by atoms with Gasteiger partial charge in [-0.25, -0.2) is 0 Å². The first kappa shape index (κ1) is 45.4. The van der Waals surface area contributed by atoms with Crippen LogP contribution < -0.4 is 0 Å². The van der Waals surface area contributed by atoms with Crippen molar-refractivity contribution in [1.29, 1.82) is 0 Å². The van der Waals surface area contributed by atoms with Crippen LogP contribution in [0.1, 0.15) is 227 Å². The summed E-state index contributed by atoms with van der Waals surface area (Å²) in [6.45, 7) is 11.5. The molecule has 0 bridgehead atoms. The Morgan fingerprint density at radius 1 is 0.378 bits per heavy atom. The van der Waals surface area contributed by atoms with Gasteiger partial charge in [0.05, 0.1) is 0 Å². The van der Waals surface area contributed by atoms with Gasteiger partial charge in [0, 0.05) is 25.9 Å². The van der Waals surface area contributed by atoms with E-state index < -0.39 is 8.80 Å². The van der Waals surface area contributed by atoms with Crippen molar-refractivity contribution in [2.75, 3.05) is 19.8 Å². The molecule has 3 nitrogen and oxygen atoms in total. The molecule has 0 spiro atoms. The van der Waals surface area contributed by atoms with Gasteiger partial charge in [-0.3, -0.25) is 0 Å². The number of unbranched alkanes of at least 4 members (excludes halogenated alkanes) is 27. The third-order valence-corrected chi connectivity index (χ3v) is 12.4. The second kappa shape index (κ2) is 37.3. The Balaban J connectivity index is 4.58. The fourth-order valence-corrected chi connectivity index (χ4v) is 9.39. The lowest BCUT2D eigenvalue weighted by atomic mass is 10.1. The highest BCUT2D eigenvalue weighted by atomic mass is 32.1. The Labute approximate surface area is 291 Å². The maximum Gasteiger partial charge on any atom is 0.500 e. The van der Waals surface area contributed by atoms with Crippen LogP contribution in [0.3, 0.4) is 0 Å². The summed E-state index contributed by atoms with van der Waals surface area (Å²) >= 11 is 4.72. The lowest BCUT2D eigenvalue weighted by Crippen LogP contribution is -2.47. The smallest absolute Gasteiger partial charge is 0.373 e. The predicted octanol–water partition coefficient (Wildman–Crippen LogP) is 14.4. The van der Waals surface area contributed by atoms with Gasteiger partial charge in [0.2, 0.25) is 0 Å². The summed E-state index contributed by atoms with van der Waals surface area (Å²) < 4.78 is 20.1. The molecule has 0 aliphatic heterocycles. The Bertz CT molecular complexity index is 483. The zero-order valence-corrected chi connectivity index (χ0v) is 33.4. The van der Waals surface area contributed by atoms with E-state index in [1.54, 1.807) is 0 Å². The Morgan fingerprint density at radius 3 is 0.822 bits per heavy atom. The molecule has 5 heteroatoms. The Hall–Kier alpha value is 0.447. The molecule has 0 aromatic heterocycles. The average molecular weight is 673 g/mol. The largest absolute Gasteiger partial charge is 0.500 e. The average Bonchev–Trinajstić information content (AvgIpc) is 3.04. The molecule has 0 radical (unpaired) electrons. The van der Waals surface area contributed by atoms with Gasteiger partial charge < -0.3 is 13.3 Å². The highest BCUT2D eigenvalue weighted by Crippen LogP contribution is 2.24. The summed E-state index contributed by atoms with van der Waals surface area (Å²) in [5.74, 6) is 0. The molecule has 0 rings (SSSR count). The second-order valence-electron chi connectivity index (χ2n) is 14.2. The van der Waals surface area contributed by atoms with Gasteiger partial charge in [-0.1, -0.05) is 201 Å². The number of rotatable bonds is 39. The second-order valence-corrected chi connectivity index (χ2v) is 17.8. The standard InChI is InChI=1S/C40H84O3SSi/c1-5-8-11-14-17-20-23-26-29-32-36-41-45(39-35-40(4)44,42-37-33-30-27-24-21-18-15-12-9-6-2)43-38-34-31-28-25-22-19-16-13-10-7-3/h40,44H,5-39H2,1-4H3. The van der Waals surface area contributed by atoms with E-state index in [-0.39, 0.29) is 0 Å². The monoisotopic (exact) mass is 673 g/mol. The van der Waals surface area contributed by atoms with Crippen LogP contribution in [-0.2, 0) is 13.3 Å². The maximum absolute atomic E-state index is 6.70. The van der Waals surface area contributed by atoms with Crippen LogP contribution in [0.4, 0.5) is 0 Å². The molecule has 45 heavy (non-hydrogen) atoms. The lowest BCUT2D eigenvalue weighted by Gasteiger charge is -2.30. The van der Waals surface area contributed by atoms with Crippen molar-refractivity contribution in [3.63, 3.8) is 0 Å². The van der Waals surface area contributed by atoms with Gasteiger partial charge in [-0.05, 0) is 30.9 Å². The van der Waals surface area contributed by atoms with E-state index in [2.05, 4.69) is 27.7 Å². The molecular weight excluding hydrogens is 589 g/mol. The fourth-order valence-electron chi connectivity index (χ4n) is 6.18. The number of hydrogen-bond donors (Lipinski definition) is 1. The van der Waals surface area contributed by atoms with Crippen LogP contribution in [0.15, 0.2) is 0 Å². The molecule has 0 fully saturated rings. The zero-order chi connectivity index (χ0) is 32.9. The minimum Gasteiger partial charge on any atom is -0.373 e. The SMILES string of the molecule is CCCCCCCCCCCCO[Si](CCC(C)S)(OCCCCCCCCCCCC)OCCCCCCCCCCCC. The molecule has 1 unspecified atom stereocenters. The molecule has 0 amide bonds. The summed E-state index contributed by atoms with van der Waals surface area (Å²) in [5.41, 5.74) is 0. The third-order valence-electron chi connectivity index (χ3n) is 9.33. The van der Waals surface area contributed by atoms with Crippen LogP contribution in [0.2, 0.25) is 6.04 Å². The molecule has 0 saturated carbocycles. The van der Waals surface area contributed by atoms with Gasteiger partial charge >= 0.3 is 8.80 Å². The minimum atomic E-state index is -2.69. The summed E-state index contributed by atoms with van der Waals surface area (Å²) in [5, 5.41) is 0.347. The van der Waals surface area contributed by atoms with Crippen LogP contribution in [0, 0.1) is 0 Å². The first-order valence-electron chi connectivity index (χ1n) is 20.7. The molecule has 0 saturated heterocycles. The van der Waals surface area contributed by atoms with Gasteiger partial charge in [-0.2, -0.15) is 12.6 Å². The molecule has 0 heterocycles. The maximum atomic E-state index is 6.70. The molecule has 272 valence electrons. The molecule has 0 aliphatic rings. The van der Waals surface area contributed by atoms with Crippen molar-refractivity contribution in [2.24, 2.45) is 0 Å². The third kappa shape index (κ3) is 34.1. The summed E-state index contributed by atoms with van der Waals surface area (Å²) in [7, 11) is -2.69. The number of hydrogen-bond acceptors (Lipinski definition) is 4. The van der Waals surface area contributed by atoms with E-state index in [0.29, 0.717) is 5.25 Å². The van der Waals surface area contributed by atoms with Crippen LogP contribution in [0.5, 0.6) is 0 Å². The van der Waals surface area contributed by atoms with E-state index in [1.807, 2.05) is 0 Å². The molecule has 0 aromatic carbocycles. The van der Waals surface area contributed by atoms with Crippen molar-refractivity contribution < 1.29 is 13.3 Å². The molecule has 0 aliphatic carbocycles. The van der Waals surface area contributed by atoms with Crippen molar-refractivity contribution in [2.45, 2.75) is 238 Å². The van der Waals surface area contributed by atoms with Crippen molar-refractivity contribution >= 4 is 21.4 Å². The quantitative estimate of drug-likeness (QED) is 0.0400.